The van der Waals surface area contributed by atoms with Gasteiger partial charge in [-0.15, -0.1) is 0 Å². The number of nitrogens with one attached hydrogen (secondary N) is 1. The van der Waals surface area contributed by atoms with Gasteiger partial charge in [-0.25, -0.2) is 4.39 Å². The van der Waals surface area contributed by atoms with Crippen molar-refractivity contribution in [2.45, 2.75) is 38.1 Å². The molecule has 5 aromatic rings. The fraction of sp³-hybridized carbons (Fsp3) is 0.382. The lowest BCUT2D eigenvalue weighted by atomic mass is 10.00. The molecule has 44 heavy (non-hydrogen) atoms. The van der Waals surface area contributed by atoms with Gasteiger partial charge >= 0.3 is 0 Å². The average Bonchev–Trinajstić information content (AvgIpc) is 3.58. The lowest BCUT2D eigenvalue weighted by molar-refractivity contribution is 0.0302. The summed E-state index contributed by atoms with van der Waals surface area (Å²) in [5, 5.41) is 4.70. The van der Waals surface area contributed by atoms with Crippen molar-refractivity contribution in [1.82, 2.24) is 14.2 Å². The number of allylic oxidation sites excluding steroid dienone is 1. The number of benzene rings is 2. The zero-order valence-electron chi connectivity index (χ0n) is 24.6. The molecule has 226 valence electrons. The van der Waals surface area contributed by atoms with E-state index in [1.54, 1.807) is 21.6 Å². The van der Waals surface area contributed by atoms with Crippen molar-refractivity contribution in [3.8, 4) is 0 Å². The van der Waals surface area contributed by atoms with Crippen molar-refractivity contribution in [3.63, 3.8) is 0 Å². The second-order valence-electron chi connectivity index (χ2n) is 12.2. The van der Waals surface area contributed by atoms with Crippen LogP contribution < -0.4 is 16.2 Å². The molecule has 3 aliphatic rings. The zero-order valence-corrected chi connectivity index (χ0v) is 24.6. The van der Waals surface area contributed by atoms with Gasteiger partial charge in [-0.1, -0.05) is 12.2 Å². The fourth-order valence-electron chi connectivity index (χ4n) is 7.36. The van der Waals surface area contributed by atoms with Gasteiger partial charge < -0.3 is 28.7 Å². The van der Waals surface area contributed by atoms with Gasteiger partial charge in [0.05, 0.1) is 24.1 Å². The maximum atomic E-state index is 15.9. The summed E-state index contributed by atoms with van der Waals surface area (Å²) in [5.41, 5.74) is 2.73. The van der Waals surface area contributed by atoms with Crippen LogP contribution >= 0.6 is 0 Å². The summed E-state index contributed by atoms with van der Waals surface area (Å²) >= 11 is 0. The summed E-state index contributed by atoms with van der Waals surface area (Å²) in [6.45, 7) is 3.09. The number of fused-ring (bicyclic) bond motifs is 5. The van der Waals surface area contributed by atoms with Gasteiger partial charge in [-0.05, 0) is 74.8 Å². The Morgan fingerprint density at radius 2 is 1.91 bits per heavy atom. The van der Waals surface area contributed by atoms with Crippen LogP contribution in [-0.2, 0) is 11.2 Å². The third-order valence-electron chi connectivity index (χ3n) is 9.73. The van der Waals surface area contributed by atoms with Gasteiger partial charge in [-0.3, -0.25) is 14.4 Å². The Morgan fingerprint density at radius 1 is 1.07 bits per heavy atom. The topological polar surface area (TPSA) is 96.5 Å². The monoisotopic (exact) mass is 596 g/mol. The van der Waals surface area contributed by atoms with Crippen LogP contribution in [0.4, 0.5) is 10.1 Å². The van der Waals surface area contributed by atoms with Crippen molar-refractivity contribution >= 4 is 56.0 Å². The predicted octanol–water partition coefficient (Wildman–Crippen LogP) is 4.62. The molecule has 2 aromatic heterocycles. The Morgan fingerprint density at radius 3 is 2.70 bits per heavy atom. The first kappa shape index (κ1) is 27.3. The Labute approximate surface area is 251 Å². The van der Waals surface area contributed by atoms with Crippen molar-refractivity contribution in [1.29, 1.82) is 0 Å². The van der Waals surface area contributed by atoms with Crippen LogP contribution in [0.1, 0.15) is 47.2 Å². The first-order chi connectivity index (χ1) is 21.4. The number of ether oxygens (including phenoxy) is 1. The molecule has 1 unspecified atom stereocenters. The minimum Gasteiger partial charge on any atom is -0.451 e. The van der Waals surface area contributed by atoms with E-state index in [4.69, 9.17) is 9.15 Å². The summed E-state index contributed by atoms with van der Waals surface area (Å²) in [7, 11) is 2.11. The number of aryl methyl sites for hydroxylation is 1. The molecule has 1 aliphatic carbocycles. The third-order valence-corrected chi connectivity index (χ3v) is 9.73. The van der Waals surface area contributed by atoms with Crippen molar-refractivity contribution in [3.05, 3.63) is 73.4 Å². The number of carbonyl (C=O) groups is 1. The van der Waals surface area contributed by atoms with E-state index in [0.717, 1.165) is 49.6 Å². The van der Waals surface area contributed by atoms with E-state index in [-0.39, 0.29) is 27.6 Å². The van der Waals surface area contributed by atoms with Gasteiger partial charge in [0.25, 0.3) is 5.91 Å². The normalized spacial score (nSPS) is 19.1. The van der Waals surface area contributed by atoms with Crippen molar-refractivity contribution < 1.29 is 18.3 Å². The number of aromatic nitrogens is 1. The number of carbonyl (C=O) groups excluding carboxylic acids is 1. The number of nitrogens with zero attached hydrogens (tertiary/aromatic N) is 3. The van der Waals surface area contributed by atoms with E-state index >= 15 is 4.39 Å². The average molecular weight is 597 g/mol. The highest BCUT2D eigenvalue weighted by molar-refractivity contribution is 6.08. The molecule has 8 rings (SSSR count). The fourth-order valence-corrected chi connectivity index (χ4v) is 7.36. The number of pyridine rings is 1. The minimum atomic E-state index is -0.630. The summed E-state index contributed by atoms with van der Waals surface area (Å²) in [5.74, 6) is -1.05. The van der Waals surface area contributed by atoms with E-state index in [9.17, 15) is 14.4 Å². The van der Waals surface area contributed by atoms with E-state index in [2.05, 4.69) is 17.3 Å². The standard InChI is InChI=1S/C34H33FN4O5/c1-37-10-4-5-19(37)8-9-36-29-26(35)15-24-30-33(29)44-28-17-23-22(20-6-2-3-7-21(20)31(23)40)16-27(28)39(30)18-25(32(24)41)34(42)38-11-13-43-14-12-38/h3,7,15-19,36H,2,4-6,8-14H2,1H3. The highest BCUT2D eigenvalue weighted by atomic mass is 19.1. The molecule has 4 heterocycles. The molecule has 2 saturated heterocycles. The van der Waals surface area contributed by atoms with Crippen LogP contribution in [-0.4, -0.2) is 72.6 Å². The quantitative estimate of drug-likeness (QED) is 0.234. The molecule has 0 spiro atoms. The highest BCUT2D eigenvalue weighted by Gasteiger charge is 2.28. The van der Waals surface area contributed by atoms with Crippen molar-refractivity contribution in [2.75, 3.05) is 51.8 Å². The lowest BCUT2D eigenvalue weighted by Gasteiger charge is -2.27. The molecule has 3 aromatic carbocycles. The van der Waals surface area contributed by atoms with Crippen LogP contribution in [0.25, 0.3) is 44.4 Å². The predicted molar refractivity (Wildman–Crippen MR) is 169 cm³/mol. The van der Waals surface area contributed by atoms with Gasteiger partial charge in [0.15, 0.2) is 22.4 Å². The number of rotatable bonds is 5. The first-order valence-corrected chi connectivity index (χ1v) is 15.4. The molecule has 0 saturated carbocycles. The molecule has 10 heteroatoms. The summed E-state index contributed by atoms with van der Waals surface area (Å²) < 4.78 is 29.6. The first-order valence-electron chi connectivity index (χ1n) is 15.4. The molecule has 1 amide bonds. The van der Waals surface area contributed by atoms with E-state index in [1.807, 2.05) is 18.2 Å². The highest BCUT2D eigenvalue weighted by Crippen LogP contribution is 2.37. The number of amides is 1. The SMILES string of the molecule is CN1CCCC1CCNc1c(F)cc2c(=O)c(C(=O)N3CCOCC3)cn3c4cc5c6c(c(=O)c5cc4oc1c23)C=CCC6. The summed E-state index contributed by atoms with van der Waals surface area (Å²) in [6, 6.07) is 5.26. The number of halogens is 1. The van der Waals surface area contributed by atoms with Gasteiger partial charge in [-0.2, -0.15) is 0 Å². The van der Waals surface area contributed by atoms with E-state index < -0.39 is 17.2 Å². The molecular formula is C34H33FN4O5. The van der Waals surface area contributed by atoms with Crippen LogP contribution in [0.5, 0.6) is 0 Å². The minimum absolute atomic E-state index is 0.0420. The molecule has 2 aliphatic heterocycles. The maximum absolute atomic E-state index is 15.9. The third kappa shape index (κ3) is 4.15. The van der Waals surface area contributed by atoms with E-state index in [1.165, 1.54) is 6.07 Å². The number of morpholine rings is 1. The van der Waals surface area contributed by atoms with Crippen molar-refractivity contribution in [2.24, 2.45) is 0 Å². The number of anilines is 1. The second-order valence-corrected chi connectivity index (χ2v) is 12.2. The zero-order chi connectivity index (χ0) is 30.1. The molecule has 0 radical (unpaired) electrons. The van der Waals surface area contributed by atoms with Crippen LogP contribution in [0, 0.1) is 5.82 Å². The number of hydrogen-bond donors (Lipinski definition) is 1. The molecule has 0 bridgehead atoms. The van der Waals surface area contributed by atoms with Crippen LogP contribution in [0.15, 0.2) is 44.5 Å². The Balaban J connectivity index is 1.37. The number of hydrogen-bond acceptors (Lipinski definition) is 7. The van der Waals surface area contributed by atoms with Gasteiger partial charge in [0.2, 0.25) is 5.43 Å². The lowest BCUT2D eigenvalue weighted by Crippen LogP contribution is -2.42. The molecule has 1 atom stereocenters. The summed E-state index contributed by atoms with van der Waals surface area (Å²) in [6.07, 6.45) is 10.1. The van der Waals surface area contributed by atoms with Crippen LogP contribution in [0.2, 0.25) is 0 Å². The Hall–Kier alpha value is -4.28. The summed E-state index contributed by atoms with van der Waals surface area (Å²) in [4.78, 5) is 44.8. The van der Waals surface area contributed by atoms with Gasteiger partial charge in [0, 0.05) is 42.8 Å². The molecule has 9 nitrogen and oxygen atoms in total. The van der Waals surface area contributed by atoms with Gasteiger partial charge in [0.1, 0.15) is 16.8 Å². The molecule has 1 N–H and O–H groups in total. The Kier molecular flexibility index (Phi) is 6.46. The number of likely N-dealkylation sites (tertiary alicyclic amines) is 1. The second kappa shape index (κ2) is 10.4. The smallest absolute Gasteiger partial charge is 0.259 e. The van der Waals surface area contributed by atoms with E-state index in [0.29, 0.717) is 66.5 Å². The molecule has 2 fully saturated rings. The van der Waals surface area contributed by atoms with Crippen LogP contribution in [0.3, 0.4) is 0 Å². The maximum Gasteiger partial charge on any atom is 0.259 e. The Bertz CT molecular complexity index is 2130. The largest absolute Gasteiger partial charge is 0.451 e. The molecular weight excluding hydrogens is 563 g/mol.